The fourth-order valence-electron chi connectivity index (χ4n) is 1.83. The van der Waals surface area contributed by atoms with Gasteiger partial charge in [0.15, 0.2) is 4.77 Å². The van der Waals surface area contributed by atoms with Gasteiger partial charge in [0.05, 0.1) is 11.3 Å². The maximum Gasteiger partial charge on any atom is 0.258 e. The van der Waals surface area contributed by atoms with E-state index in [0.29, 0.717) is 10.3 Å². The number of aromatic amines is 2. The molecular formula is C11H8N2O2S. The maximum absolute atomic E-state index is 11.7. The van der Waals surface area contributed by atoms with E-state index in [4.69, 9.17) is 17.0 Å². The molecule has 0 saturated heterocycles. The molecule has 3 rings (SSSR count). The second-order valence-electron chi connectivity index (χ2n) is 3.55. The second kappa shape index (κ2) is 3.31. The van der Waals surface area contributed by atoms with Crippen LogP contribution in [0, 0.1) is 4.77 Å². The third kappa shape index (κ3) is 1.29. The van der Waals surface area contributed by atoms with Crippen molar-refractivity contribution < 1.29 is 4.74 Å². The zero-order valence-electron chi connectivity index (χ0n) is 8.24. The third-order valence-corrected chi connectivity index (χ3v) is 2.77. The monoisotopic (exact) mass is 232 g/mol. The first kappa shape index (κ1) is 9.35. The Balaban J connectivity index is 2.40. The van der Waals surface area contributed by atoms with E-state index in [9.17, 15) is 4.79 Å². The molecule has 2 heterocycles. The number of ether oxygens (including phenoxy) is 1. The van der Waals surface area contributed by atoms with Crippen LogP contribution in [0.15, 0.2) is 29.1 Å². The second-order valence-corrected chi connectivity index (χ2v) is 3.95. The van der Waals surface area contributed by atoms with E-state index in [-0.39, 0.29) is 12.2 Å². The number of para-hydroxylation sites is 1. The Hall–Kier alpha value is -1.88. The van der Waals surface area contributed by atoms with E-state index in [1.807, 2.05) is 24.3 Å². The Kier molecular flexibility index (Phi) is 1.94. The molecular weight excluding hydrogens is 224 g/mol. The highest BCUT2D eigenvalue weighted by molar-refractivity contribution is 7.71. The summed E-state index contributed by atoms with van der Waals surface area (Å²) >= 11 is 4.96. The third-order valence-electron chi connectivity index (χ3n) is 2.57. The average Bonchev–Trinajstić information content (AvgIpc) is 2.28. The van der Waals surface area contributed by atoms with Gasteiger partial charge in [-0.1, -0.05) is 12.1 Å². The van der Waals surface area contributed by atoms with Gasteiger partial charge in [-0.05, 0) is 24.4 Å². The Labute approximate surface area is 95.9 Å². The number of fused-ring (bicyclic) bond motifs is 3. The van der Waals surface area contributed by atoms with E-state index in [1.165, 1.54) is 0 Å². The molecule has 1 aromatic heterocycles. The van der Waals surface area contributed by atoms with Gasteiger partial charge in [0.1, 0.15) is 12.4 Å². The molecule has 0 fully saturated rings. The number of nitrogens with one attached hydrogen (secondary N) is 2. The first-order valence-electron chi connectivity index (χ1n) is 4.83. The minimum atomic E-state index is -0.187. The Morgan fingerprint density at radius 1 is 1.25 bits per heavy atom. The lowest BCUT2D eigenvalue weighted by Gasteiger charge is -2.19. The summed E-state index contributed by atoms with van der Waals surface area (Å²) < 4.78 is 5.83. The van der Waals surface area contributed by atoms with Crippen molar-refractivity contribution in [3.8, 4) is 17.0 Å². The number of benzene rings is 1. The molecule has 16 heavy (non-hydrogen) atoms. The summed E-state index contributed by atoms with van der Waals surface area (Å²) in [5, 5.41) is 0. The molecule has 2 aromatic rings. The van der Waals surface area contributed by atoms with Crippen LogP contribution in [0.1, 0.15) is 5.56 Å². The molecule has 80 valence electrons. The molecule has 1 aliphatic heterocycles. The van der Waals surface area contributed by atoms with Gasteiger partial charge < -0.3 is 9.72 Å². The number of rotatable bonds is 0. The molecule has 0 amide bonds. The summed E-state index contributed by atoms with van der Waals surface area (Å²) in [6.45, 7) is 0.272. The summed E-state index contributed by atoms with van der Waals surface area (Å²) in [5.41, 5.74) is 2.04. The van der Waals surface area contributed by atoms with Crippen molar-refractivity contribution in [2.24, 2.45) is 0 Å². The highest BCUT2D eigenvalue weighted by atomic mass is 32.1. The van der Waals surface area contributed by atoms with E-state index >= 15 is 0 Å². The van der Waals surface area contributed by atoms with Crippen molar-refractivity contribution in [2.75, 3.05) is 0 Å². The lowest BCUT2D eigenvalue weighted by atomic mass is 10.0. The first-order chi connectivity index (χ1) is 7.75. The SMILES string of the molecule is O=c1[nH]c(=S)[nH]c2c1COc1ccccc1-2. The zero-order chi connectivity index (χ0) is 11.1. The summed E-state index contributed by atoms with van der Waals surface area (Å²) in [6.07, 6.45) is 0. The van der Waals surface area contributed by atoms with Gasteiger partial charge in [0.25, 0.3) is 5.56 Å². The fourth-order valence-corrected chi connectivity index (χ4v) is 2.02. The molecule has 2 N–H and O–H groups in total. The lowest BCUT2D eigenvalue weighted by molar-refractivity contribution is 0.299. The van der Waals surface area contributed by atoms with Gasteiger partial charge in [0.2, 0.25) is 0 Å². The van der Waals surface area contributed by atoms with E-state index in [0.717, 1.165) is 17.0 Å². The average molecular weight is 232 g/mol. The standard InChI is InChI=1S/C11H8N2O2S/c14-10-7-5-15-8-4-2-1-3-6(8)9(7)12-11(16)13-10/h1-4H,5H2,(H2,12,13,14,16). The van der Waals surface area contributed by atoms with Gasteiger partial charge >= 0.3 is 0 Å². The lowest BCUT2D eigenvalue weighted by Crippen LogP contribution is -2.20. The van der Waals surface area contributed by atoms with E-state index < -0.39 is 0 Å². The van der Waals surface area contributed by atoms with Crippen molar-refractivity contribution in [3.63, 3.8) is 0 Å². The summed E-state index contributed by atoms with van der Waals surface area (Å²) in [4.78, 5) is 17.2. The quantitative estimate of drug-likeness (QED) is 0.683. The molecule has 1 aliphatic rings. The van der Waals surface area contributed by atoms with Crippen LogP contribution >= 0.6 is 12.2 Å². The predicted molar refractivity (Wildman–Crippen MR) is 62.0 cm³/mol. The van der Waals surface area contributed by atoms with Gasteiger partial charge in [-0.3, -0.25) is 9.78 Å². The van der Waals surface area contributed by atoms with E-state index in [1.54, 1.807) is 0 Å². The molecule has 0 bridgehead atoms. The number of aromatic nitrogens is 2. The van der Waals surface area contributed by atoms with E-state index in [2.05, 4.69) is 9.97 Å². The molecule has 0 saturated carbocycles. The van der Waals surface area contributed by atoms with Crippen LogP contribution in [0.2, 0.25) is 0 Å². The molecule has 0 atom stereocenters. The Morgan fingerprint density at radius 2 is 2.06 bits per heavy atom. The smallest absolute Gasteiger partial charge is 0.258 e. The predicted octanol–water partition coefficient (Wildman–Crippen LogP) is 1.99. The minimum Gasteiger partial charge on any atom is -0.488 e. The highest BCUT2D eigenvalue weighted by Crippen LogP contribution is 2.33. The Bertz CT molecular complexity index is 672. The summed E-state index contributed by atoms with van der Waals surface area (Å²) in [5.74, 6) is 0.770. The van der Waals surface area contributed by atoms with Crippen molar-refractivity contribution in [1.29, 1.82) is 0 Å². The topological polar surface area (TPSA) is 57.9 Å². The van der Waals surface area contributed by atoms with Crippen molar-refractivity contribution >= 4 is 12.2 Å². The van der Waals surface area contributed by atoms with Crippen LogP contribution in [-0.2, 0) is 6.61 Å². The molecule has 0 aliphatic carbocycles. The van der Waals surface area contributed by atoms with Crippen molar-refractivity contribution in [1.82, 2.24) is 9.97 Å². The van der Waals surface area contributed by atoms with Crippen LogP contribution in [-0.4, -0.2) is 9.97 Å². The largest absolute Gasteiger partial charge is 0.488 e. The first-order valence-corrected chi connectivity index (χ1v) is 5.24. The number of hydrogen-bond donors (Lipinski definition) is 2. The molecule has 1 aromatic carbocycles. The molecule has 4 nitrogen and oxygen atoms in total. The molecule has 0 unspecified atom stereocenters. The van der Waals surface area contributed by atoms with Crippen LogP contribution in [0.4, 0.5) is 0 Å². The van der Waals surface area contributed by atoms with Crippen LogP contribution < -0.4 is 10.3 Å². The zero-order valence-corrected chi connectivity index (χ0v) is 9.06. The summed E-state index contributed by atoms with van der Waals surface area (Å²) in [7, 11) is 0. The molecule has 5 heteroatoms. The van der Waals surface area contributed by atoms with Gasteiger partial charge in [0, 0.05) is 5.56 Å². The fraction of sp³-hybridized carbons (Fsp3) is 0.0909. The normalized spacial score (nSPS) is 12.5. The number of H-pyrrole nitrogens is 2. The number of hydrogen-bond acceptors (Lipinski definition) is 3. The molecule has 0 radical (unpaired) electrons. The van der Waals surface area contributed by atoms with Crippen LogP contribution in [0.5, 0.6) is 5.75 Å². The van der Waals surface area contributed by atoms with Crippen molar-refractivity contribution in [3.05, 3.63) is 45.0 Å². The minimum absolute atomic E-state index is 0.187. The van der Waals surface area contributed by atoms with Gasteiger partial charge in [-0.25, -0.2) is 0 Å². The van der Waals surface area contributed by atoms with Crippen molar-refractivity contribution in [2.45, 2.75) is 6.61 Å². The van der Waals surface area contributed by atoms with Crippen LogP contribution in [0.25, 0.3) is 11.3 Å². The van der Waals surface area contributed by atoms with Gasteiger partial charge in [-0.15, -0.1) is 0 Å². The molecule has 0 spiro atoms. The highest BCUT2D eigenvalue weighted by Gasteiger charge is 2.19. The Morgan fingerprint density at radius 3 is 2.94 bits per heavy atom. The summed E-state index contributed by atoms with van der Waals surface area (Å²) in [6, 6.07) is 7.56. The maximum atomic E-state index is 11.7. The van der Waals surface area contributed by atoms with Crippen LogP contribution in [0.3, 0.4) is 0 Å². The van der Waals surface area contributed by atoms with Gasteiger partial charge in [-0.2, -0.15) is 0 Å².